The van der Waals surface area contributed by atoms with E-state index in [4.69, 9.17) is 21.7 Å². The molecule has 2 aromatic rings. The number of aromatic nitrogens is 3. The molecule has 1 aromatic heterocycles. The molecule has 0 bridgehead atoms. The van der Waals surface area contributed by atoms with Crippen molar-refractivity contribution in [3.05, 3.63) is 34.9 Å². The summed E-state index contributed by atoms with van der Waals surface area (Å²) in [5.41, 5.74) is 0.890. The summed E-state index contributed by atoms with van der Waals surface area (Å²) in [5.74, 6) is 1.44. The van der Waals surface area contributed by atoms with Crippen LogP contribution in [0, 0.1) is 4.77 Å². The highest BCUT2D eigenvalue weighted by atomic mass is 32.1. The summed E-state index contributed by atoms with van der Waals surface area (Å²) in [7, 11) is 1.63. The zero-order valence-corrected chi connectivity index (χ0v) is 13.6. The average molecular weight is 320 g/mol. The third-order valence-corrected chi connectivity index (χ3v) is 3.34. The number of hydrogen-bond acceptors (Lipinski definition) is 5. The number of nitrogens with zero attached hydrogens (tertiary/aromatic N) is 3. The molecule has 0 saturated carbocycles. The highest BCUT2D eigenvalue weighted by Crippen LogP contribution is 2.27. The first-order valence-corrected chi connectivity index (χ1v) is 7.62. The highest BCUT2D eigenvalue weighted by Gasteiger charge is 2.05. The molecule has 0 fully saturated rings. The molecule has 6 nitrogen and oxygen atoms in total. The van der Waals surface area contributed by atoms with Crippen LogP contribution in [0.25, 0.3) is 0 Å². The van der Waals surface area contributed by atoms with Gasteiger partial charge in [-0.25, -0.2) is 0 Å². The maximum Gasteiger partial charge on any atom is 0.216 e. The number of hydrogen-bond donors (Lipinski definition) is 1. The molecule has 0 spiro atoms. The third-order valence-electron chi connectivity index (χ3n) is 3.06. The molecule has 22 heavy (non-hydrogen) atoms. The molecule has 1 aromatic carbocycles. The van der Waals surface area contributed by atoms with Crippen LogP contribution >= 0.6 is 12.2 Å². The standard InChI is InChI=1S/C15H20N4O2S/c1-3-4-5-8-21-13-7-6-12(9-14(13)20-2)10-17-19-11-16-18-15(19)22/h6-7,9-11H,3-5,8H2,1-2H3,(H,18,22)/b17-10-. The van der Waals surface area contributed by atoms with Gasteiger partial charge in [-0.15, -0.1) is 0 Å². The Morgan fingerprint density at radius 2 is 2.23 bits per heavy atom. The van der Waals surface area contributed by atoms with Crippen LogP contribution in [0.1, 0.15) is 31.7 Å². The van der Waals surface area contributed by atoms with Crippen LogP contribution in [0.3, 0.4) is 0 Å². The average Bonchev–Trinajstić information content (AvgIpc) is 2.95. The summed E-state index contributed by atoms with van der Waals surface area (Å²) in [6.45, 7) is 2.86. The van der Waals surface area contributed by atoms with E-state index in [1.165, 1.54) is 23.8 Å². The van der Waals surface area contributed by atoms with Gasteiger partial charge in [-0.05, 0) is 42.4 Å². The lowest BCUT2D eigenvalue weighted by Gasteiger charge is -2.11. The number of aromatic amines is 1. The number of methoxy groups -OCH3 is 1. The Morgan fingerprint density at radius 1 is 1.36 bits per heavy atom. The maximum absolute atomic E-state index is 5.75. The zero-order valence-electron chi connectivity index (χ0n) is 12.8. The van der Waals surface area contributed by atoms with E-state index in [0.29, 0.717) is 17.1 Å². The molecule has 1 heterocycles. The molecule has 0 unspecified atom stereocenters. The van der Waals surface area contributed by atoms with Crippen LogP contribution < -0.4 is 9.47 Å². The molecule has 0 amide bonds. The normalized spacial score (nSPS) is 11.0. The van der Waals surface area contributed by atoms with Crippen molar-refractivity contribution in [3.63, 3.8) is 0 Å². The Balaban J connectivity index is 2.06. The Labute approximate surface area is 134 Å². The van der Waals surface area contributed by atoms with E-state index in [2.05, 4.69) is 22.2 Å². The number of rotatable bonds is 8. The number of H-pyrrole nitrogens is 1. The number of benzene rings is 1. The van der Waals surface area contributed by atoms with E-state index in [-0.39, 0.29) is 0 Å². The molecule has 1 N–H and O–H groups in total. The Bertz CT molecular complexity index is 678. The Morgan fingerprint density at radius 3 is 2.91 bits per heavy atom. The van der Waals surface area contributed by atoms with Crippen molar-refractivity contribution in [3.8, 4) is 11.5 Å². The summed E-state index contributed by atoms with van der Waals surface area (Å²) < 4.78 is 13.0. The van der Waals surface area contributed by atoms with Gasteiger partial charge in [0, 0.05) is 0 Å². The van der Waals surface area contributed by atoms with Gasteiger partial charge in [0.15, 0.2) is 11.5 Å². The van der Waals surface area contributed by atoms with Gasteiger partial charge in [0.25, 0.3) is 0 Å². The molecule has 2 rings (SSSR count). The topological polar surface area (TPSA) is 64.4 Å². The van der Waals surface area contributed by atoms with E-state index < -0.39 is 0 Å². The van der Waals surface area contributed by atoms with Crippen molar-refractivity contribution in [1.82, 2.24) is 14.9 Å². The van der Waals surface area contributed by atoms with E-state index in [9.17, 15) is 0 Å². The minimum absolute atomic E-state index is 0.444. The third kappa shape index (κ3) is 4.42. The van der Waals surface area contributed by atoms with Crippen molar-refractivity contribution in [1.29, 1.82) is 0 Å². The molecule has 0 radical (unpaired) electrons. The van der Waals surface area contributed by atoms with Crippen molar-refractivity contribution in [2.45, 2.75) is 26.2 Å². The first-order chi connectivity index (χ1) is 10.7. The predicted octanol–water partition coefficient (Wildman–Crippen LogP) is 3.40. The lowest BCUT2D eigenvalue weighted by atomic mass is 10.2. The molecule has 0 aliphatic heterocycles. The van der Waals surface area contributed by atoms with Gasteiger partial charge >= 0.3 is 0 Å². The monoisotopic (exact) mass is 320 g/mol. The number of ether oxygens (including phenoxy) is 2. The van der Waals surface area contributed by atoms with Crippen LogP contribution in [-0.4, -0.2) is 34.8 Å². The molecular weight excluding hydrogens is 300 g/mol. The Hall–Kier alpha value is -2.15. The lowest BCUT2D eigenvalue weighted by molar-refractivity contribution is 0.286. The molecule has 0 saturated heterocycles. The first-order valence-electron chi connectivity index (χ1n) is 7.21. The minimum atomic E-state index is 0.444. The van der Waals surface area contributed by atoms with E-state index in [0.717, 1.165) is 17.7 Å². The van der Waals surface area contributed by atoms with Crippen LogP contribution in [0.4, 0.5) is 0 Å². The number of unbranched alkanes of at least 4 members (excludes halogenated alkanes) is 2. The highest BCUT2D eigenvalue weighted by molar-refractivity contribution is 7.71. The Kier molecular flexibility index (Phi) is 6.14. The van der Waals surface area contributed by atoms with Crippen LogP contribution in [0.15, 0.2) is 29.6 Å². The summed E-state index contributed by atoms with van der Waals surface area (Å²) >= 11 is 5.03. The second-order valence-electron chi connectivity index (χ2n) is 4.72. The molecule has 7 heteroatoms. The van der Waals surface area contributed by atoms with Gasteiger partial charge in [0.2, 0.25) is 4.77 Å². The summed E-state index contributed by atoms with van der Waals surface area (Å²) in [6, 6.07) is 5.69. The second-order valence-corrected chi connectivity index (χ2v) is 5.10. The van der Waals surface area contributed by atoms with Crippen molar-refractivity contribution >= 4 is 18.4 Å². The molecule has 118 valence electrons. The summed E-state index contributed by atoms with van der Waals surface area (Å²) in [6.07, 6.45) is 6.59. The van der Waals surface area contributed by atoms with Crippen molar-refractivity contribution < 1.29 is 9.47 Å². The summed E-state index contributed by atoms with van der Waals surface area (Å²) in [5, 5.41) is 10.7. The maximum atomic E-state index is 5.75. The van der Waals surface area contributed by atoms with E-state index >= 15 is 0 Å². The largest absolute Gasteiger partial charge is 0.493 e. The molecule has 0 aliphatic carbocycles. The van der Waals surface area contributed by atoms with E-state index in [1.807, 2.05) is 18.2 Å². The first kappa shape index (κ1) is 16.2. The van der Waals surface area contributed by atoms with Gasteiger partial charge in [0.1, 0.15) is 6.33 Å². The van der Waals surface area contributed by atoms with Crippen LogP contribution in [0.2, 0.25) is 0 Å². The fourth-order valence-electron chi connectivity index (χ4n) is 1.87. The van der Waals surface area contributed by atoms with Crippen molar-refractivity contribution in [2.75, 3.05) is 13.7 Å². The van der Waals surface area contributed by atoms with E-state index in [1.54, 1.807) is 13.3 Å². The van der Waals surface area contributed by atoms with Crippen molar-refractivity contribution in [2.24, 2.45) is 5.10 Å². The summed E-state index contributed by atoms with van der Waals surface area (Å²) in [4.78, 5) is 0. The predicted molar refractivity (Wildman–Crippen MR) is 88.4 cm³/mol. The van der Waals surface area contributed by atoms with Gasteiger partial charge in [-0.2, -0.15) is 14.9 Å². The minimum Gasteiger partial charge on any atom is -0.493 e. The molecule has 0 atom stereocenters. The SMILES string of the molecule is CCCCCOc1ccc(/C=N\n2cn[nH]c2=S)cc1OC. The molecule has 0 aliphatic rings. The van der Waals surface area contributed by atoms with Gasteiger partial charge in [-0.3, -0.25) is 5.10 Å². The van der Waals surface area contributed by atoms with Gasteiger partial charge in [-0.1, -0.05) is 19.8 Å². The fourth-order valence-corrected chi connectivity index (χ4v) is 2.02. The fraction of sp³-hybridized carbons (Fsp3) is 0.400. The van der Waals surface area contributed by atoms with Crippen LogP contribution in [0.5, 0.6) is 11.5 Å². The smallest absolute Gasteiger partial charge is 0.216 e. The number of nitrogens with one attached hydrogen (secondary N) is 1. The second kappa shape index (κ2) is 8.33. The zero-order chi connectivity index (χ0) is 15.8. The molecular formula is C15H20N4O2S. The van der Waals surface area contributed by atoms with Crippen LogP contribution in [-0.2, 0) is 0 Å². The lowest BCUT2D eigenvalue weighted by Crippen LogP contribution is -2.00. The van der Waals surface area contributed by atoms with Gasteiger partial charge in [0.05, 0.1) is 19.9 Å². The quantitative estimate of drug-likeness (QED) is 0.460. The van der Waals surface area contributed by atoms with Gasteiger partial charge < -0.3 is 9.47 Å².